The van der Waals surface area contributed by atoms with Crippen molar-refractivity contribution in [1.29, 1.82) is 0 Å². The molecule has 0 fully saturated rings. The number of hydrogen-bond acceptors (Lipinski definition) is 4. The second-order valence-corrected chi connectivity index (χ2v) is 6.06. The third-order valence-corrected chi connectivity index (χ3v) is 3.98. The highest BCUT2D eigenvalue weighted by Gasteiger charge is 2.17. The summed E-state index contributed by atoms with van der Waals surface area (Å²) >= 11 is 5.17. The van der Waals surface area contributed by atoms with Gasteiger partial charge in [0, 0.05) is 0 Å². The molecule has 3 rings (SSSR count). The number of amides is 1. The molecule has 2 N–H and O–H groups in total. The van der Waals surface area contributed by atoms with Gasteiger partial charge >= 0.3 is 0 Å². The number of carbonyl (C=O) groups is 1. The van der Waals surface area contributed by atoms with Gasteiger partial charge in [-0.2, -0.15) is 4.68 Å². The van der Waals surface area contributed by atoms with Gasteiger partial charge in [-0.1, -0.05) is 24.3 Å². The number of nitrogens with zero attached hydrogens (tertiary/aromatic N) is 1. The Kier molecular flexibility index (Phi) is 4.67. The van der Waals surface area contributed by atoms with Crippen LogP contribution >= 0.6 is 12.2 Å². The molecule has 1 unspecified atom stereocenters. The molecule has 0 radical (unpaired) electrons. The van der Waals surface area contributed by atoms with Crippen molar-refractivity contribution in [3.8, 4) is 5.75 Å². The standard InChI is InChI=1S/C18H17N3O3S/c1-11-6-5-7-13(10-11)24-12(2)16(22)20-21-17(23)14-8-3-4-9-15(14)19-18(21)25/h3-10,12H,1-2H3,(H,19,25)(H,20,22). The van der Waals surface area contributed by atoms with Crippen molar-refractivity contribution < 1.29 is 9.53 Å². The quantitative estimate of drug-likeness (QED) is 0.706. The third kappa shape index (κ3) is 3.61. The van der Waals surface area contributed by atoms with Gasteiger partial charge in [0.2, 0.25) is 0 Å². The molecule has 0 aliphatic carbocycles. The van der Waals surface area contributed by atoms with E-state index in [1.165, 1.54) is 0 Å². The van der Waals surface area contributed by atoms with Crippen LogP contribution in [-0.2, 0) is 4.79 Å². The number of rotatable bonds is 4. The van der Waals surface area contributed by atoms with Crippen molar-refractivity contribution in [3.05, 3.63) is 69.2 Å². The van der Waals surface area contributed by atoms with Gasteiger partial charge in [0.15, 0.2) is 10.9 Å². The van der Waals surface area contributed by atoms with Gasteiger partial charge in [-0.05, 0) is 55.9 Å². The summed E-state index contributed by atoms with van der Waals surface area (Å²) in [7, 11) is 0. The zero-order chi connectivity index (χ0) is 18.0. The van der Waals surface area contributed by atoms with Crippen LogP contribution in [0.5, 0.6) is 5.75 Å². The summed E-state index contributed by atoms with van der Waals surface area (Å²) < 4.78 is 6.76. The van der Waals surface area contributed by atoms with Crippen molar-refractivity contribution >= 4 is 29.0 Å². The lowest BCUT2D eigenvalue weighted by Crippen LogP contribution is -2.40. The number of carbonyl (C=O) groups excluding carboxylic acids is 1. The average Bonchev–Trinajstić information content (AvgIpc) is 2.58. The first-order valence-corrected chi connectivity index (χ1v) is 8.15. The molecule has 0 aliphatic rings. The normalized spacial score (nSPS) is 11.9. The number of nitrogens with one attached hydrogen (secondary N) is 2. The Labute approximate surface area is 149 Å². The Balaban J connectivity index is 1.84. The molecule has 0 aliphatic heterocycles. The number of para-hydroxylation sites is 1. The van der Waals surface area contributed by atoms with Crippen LogP contribution in [0.15, 0.2) is 53.3 Å². The maximum atomic E-state index is 12.5. The Morgan fingerprint density at radius 1 is 1.24 bits per heavy atom. The van der Waals surface area contributed by atoms with Gasteiger partial charge in [0.25, 0.3) is 11.5 Å². The molecule has 1 amide bonds. The number of fused-ring (bicyclic) bond motifs is 1. The lowest BCUT2D eigenvalue weighted by molar-refractivity contribution is -0.123. The van der Waals surface area contributed by atoms with E-state index >= 15 is 0 Å². The van der Waals surface area contributed by atoms with Crippen LogP contribution in [0.25, 0.3) is 10.9 Å². The molecule has 2 aromatic carbocycles. The predicted octanol–water partition coefficient (Wildman–Crippen LogP) is 2.91. The molecule has 1 atom stereocenters. The Morgan fingerprint density at radius 3 is 2.76 bits per heavy atom. The summed E-state index contributed by atoms with van der Waals surface area (Å²) in [6.07, 6.45) is -0.797. The highest BCUT2D eigenvalue weighted by Crippen LogP contribution is 2.14. The number of ether oxygens (including phenoxy) is 1. The molecule has 25 heavy (non-hydrogen) atoms. The first kappa shape index (κ1) is 16.9. The smallest absolute Gasteiger partial charge is 0.281 e. The molecule has 128 valence electrons. The van der Waals surface area contributed by atoms with Crippen LogP contribution in [0, 0.1) is 11.7 Å². The zero-order valence-electron chi connectivity index (χ0n) is 13.8. The number of H-pyrrole nitrogens is 1. The Bertz CT molecular complexity index is 1060. The summed E-state index contributed by atoms with van der Waals surface area (Å²) in [6.45, 7) is 3.54. The van der Waals surface area contributed by atoms with Gasteiger partial charge in [-0.25, -0.2) is 0 Å². The molecule has 0 bridgehead atoms. The highest BCUT2D eigenvalue weighted by molar-refractivity contribution is 7.71. The number of hydrogen-bond donors (Lipinski definition) is 2. The largest absolute Gasteiger partial charge is 0.481 e. The molecule has 7 heteroatoms. The second kappa shape index (κ2) is 6.90. The first-order chi connectivity index (χ1) is 12.0. The van der Waals surface area contributed by atoms with E-state index in [4.69, 9.17) is 17.0 Å². The van der Waals surface area contributed by atoms with Crippen LogP contribution in [0.2, 0.25) is 0 Å². The van der Waals surface area contributed by atoms with Crippen LogP contribution in [0.1, 0.15) is 12.5 Å². The topological polar surface area (TPSA) is 76.1 Å². The molecule has 3 aromatic rings. The van der Waals surface area contributed by atoms with Crippen LogP contribution < -0.4 is 15.7 Å². The fourth-order valence-corrected chi connectivity index (χ4v) is 2.65. The van der Waals surface area contributed by atoms with E-state index < -0.39 is 17.6 Å². The SMILES string of the molecule is Cc1cccc(OC(C)C(=O)Nn2c(=S)[nH]c3ccccc3c2=O)c1. The summed E-state index contributed by atoms with van der Waals surface area (Å²) in [4.78, 5) is 27.8. The van der Waals surface area contributed by atoms with E-state index in [-0.39, 0.29) is 4.77 Å². The van der Waals surface area contributed by atoms with Crippen molar-refractivity contribution in [3.63, 3.8) is 0 Å². The number of benzene rings is 2. The second-order valence-electron chi connectivity index (χ2n) is 5.67. The summed E-state index contributed by atoms with van der Waals surface area (Å²) in [5, 5.41) is 0.434. The van der Waals surface area contributed by atoms with Crippen LogP contribution in [-0.4, -0.2) is 21.7 Å². The first-order valence-electron chi connectivity index (χ1n) is 7.74. The number of aryl methyl sites for hydroxylation is 1. The van der Waals surface area contributed by atoms with Gasteiger partial charge in [-0.15, -0.1) is 0 Å². The predicted molar refractivity (Wildman–Crippen MR) is 99.0 cm³/mol. The summed E-state index contributed by atoms with van der Waals surface area (Å²) in [5.41, 5.74) is 3.76. The van der Waals surface area contributed by atoms with Crippen molar-refractivity contribution in [2.24, 2.45) is 0 Å². The number of aromatic nitrogens is 2. The van der Waals surface area contributed by atoms with Gasteiger partial charge in [0.05, 0.1) is 10.9 Å². The molecule has 0 saturated heterocycles. The van der Waals surface area contributed by atoms with Crippen molar-refractivity contribution in [2.45, 2.75) is 20.0 Å². The zero-order valence-corrected chi connectivity index (χ0v) is 14.6. The van der Waals surface area contributed by atoms with E-state index in [0.29, 0.717) is 16.7 Å². The van der Waals surface area contributed by atoms with E-state index in [0.717, 1.165) is 10.2 Å². The molecule has 1 aromatic heterocycles. The summed E-state index contributed by atoms with van der Waals surface area (Å²) in [6, 6.07) is 14.3. The Morgan fingerprint density at radius 2 is 2.00 bits per heavy atom. The van der Waals surface area contributed by atoms with E-state index in [2.05, 4.69) is 10.4 Å². The number of aromatic amines is 1. The van der Waals surface area contributed by atoms with E-state index in [1.54, 1.807) is 37.3 Å². The average molecular weight is 355 g/mol. The van der Waals surface area contributed by atoms with Crippen molar-refractivity contribution in [2.75, 3.05) is 5.43 Å². The van der Waals surface area contributed by atoms with E-state index in [1.807, 2.05) is 25.1 Å². The highest BCUT2D eigenvalue weighted by atomic mass is 32.1. The van der Waals surface area contributed by atoms with Crippen molar-refractivity contribution in [1.82, 2.24) is 9.66 Å². The monoisotopic (exact) mass is 355 g/mol. The lowest BCUT2D eigenvalue weighted by atomic mass is 10.2. The van der Waals surface area contributed by atoms with Crippen LogP contribution in [0.3, 0.4) is 0 Å². The minimum atomic E-state index is -0.797. The summed E-state index contributed by atoms with van der Waals surface area (Å²) in [5.74, 6) is 0.108. The maximum Gasteiger partial charge on any atom is 0.281 e. The molecule has 1 heterocycles. The van der Waals surface area contributed by atoms with Crippen LogP contribution in [0.4, 0.5) is 0 Å². The molecule has 0 saturated carbocycles. The fourth-order valence-electron chi connectivity index (χ4n) is 2.41. The minimum absolute atomic E-state index is 0.111. The maximum absolute atomic E-state index is 12.5. The minimum Gasteiger partial charge on any atom is -0.481 e. The fraction of sp³-hybridized carbons (Fsp3) is 0.167. The molecule has 6 nitrogen and oxygen atoms in total. The lowest BCUT2D eigenvalue weighted by Gasteiger charge is -2.16. The Hall–Kier alpha value is -2.93. The third-order valence-electron chi connectivity index (χ3n) is 3.70. The van der Waals surface area contributed by atoms with Gasteiger partial charge < -0.3 is 9.72 Å². The molecular weight excluding hydrogens is 338 g/mol. The van der Waals surface area contributed by atoms with Gasteiger partial charge in [-0.3, -0.25) is 15.0 Å². The van der Waals surface area contributed by atoms with Gasteiger partial charge in [0.1, 0.15) is 5.75 Å². The molecular formula is C18H17N3O3S. The van der Waals surface area contributed by atoms with E-state index in [9.17, 15) is 9.59 Å². The molecule has 0 spiro atoms.